The highest BCUT2D eigenvalue weighted by atomic mass is 35.5. The van der Waals surface area contributed by atoms with E-state index in [4.69, 9.17) is 27.7 Å². The fraction of sp³-hybridized carbons (Fsp3) is 1.00. The van der Waals surface area contributed by atoms with Crippen LogP contribution < -0.4 is 0 Å². The Morgan fingerprint density at radius 3 is 2.43 bits per heavy atom. The van der Waals surface area contributed by atoms with Gasteiger partial charge in [-0.25, -0.2) is 0 Å². The summed E-state index contributed by atoms with van der Waals surface area (Å²) in [7, 11) is -2.45. The number of halogens is 2. The van der Waals surface area contributed by atoms with Gasteiger partial charge in [-0.1, -0.05) is 6.92 Å². The van der Waals surface area contributed by atoms with Gasteiger partial charge in [0.25, 0.3) is 0 Å². The van der Waals surface area contributed by atoms with Gasteiger partial charge in [0.1, 0.15) is 4.33 Å². The van der Waals surface area contributed by atoms with Crippen LogP contribution in [0.4, 0.5) is 0 Å². The first-order valence-corrected chi connectivity index (χ1v) is 7.61. The molecule has 1 saturated carbocycles. The highest BCUT2D eigenvalue weighted by molar-refractivity contribution is 7.59. The van der Waals surface area contributed by atoms with Crippen molar-refractivity contribution in [3.8, 4) is 0 Å². The summed E-state index contributed by atoms with van der Waals surface area (Å²) in [5.74, 6) is 0.155. The van der Waals surface area contributed by atoms with Crippen molar-refractivity contribution in [2.45, 2.75) is 31.2 Å². The predicted octanol–water partition coefficient (Wildman–Crippen LogP) is 3.51. The molecule has 2 aliphatic rings. The Kier molecular flexibility index (Phi) is 2.34. The Morgan fingerprint density at radius 2 is 2.07 bits per heavy atom. The van der Waals surface area contributed by atoms with E-state index in [0.717, 1.165) is 0 Å². The molecule has 0 radical (unpaired) electrons. The van der Waals surface area contributed by atoms with Gasteiger partial charge in [0.05, 0.1) is 6.10 Å². The molecular formula is C9H15Cl2O2P. The van der Waals surface area contributed by atoms with E-state index in [1.54, 1.807) is 0 Å². The van der Waals surface area contributed by atoms with E-state index in [9.17, 15) is 4.57 Å². The minimum Gasteiger partial charge on any atom is -0.326 e. The van der Waals surface area contributed by atoms with Crippen LogP contribution in [0.3, 0.4) is 0 Å². The minimum absolute atomic E-state index is 0.0157. The van der Waals surface area contributed by atoms with Crippen molar-refractivity contribution in [1.82, 2.24) is 0 Å². The molecule has 0 spiro atoms. The quantitative estimate of drug-likeness (QED) is 0.559. The Labute approximate surface area is 94.7 Å². The Morgan fingerprint density at radius 1 is 1.50 bits per heavy atom. The summed E-state index contributed by atoms with van der Waals surface area (Å²) < 4.78 is 17.0. The normalized spacial score (nSPS) is 49.4. The first-order valence-electron chi connectivity index (χ1n) is 4.86. The second-order valence-electron chi connectivity index (χ2n) is 4.90. The third kappa shape index (κ3) is 1.38. The van der Waals surface area contributed by atoms with Crippen LogP contribution in [0, 0.1) is 11.3 Å². The molecule has 0 amide bonds. The zero-order valence-electron chi connectivity index (χ0n) is 8.59. The maximum absolute atomic E-state index is 12.2. The molecule has 82 valence electrons. The molecule has 0 N–H and O–H groups in total. The molecule has 0 aromatic rings. The van der Waals surface area contributed by atoms with Crippen LogP contribution in [0.2, 0.25) is 0 Å². The second-order valence-corrected chi connectivity index (χ2v) is 8.81. The molecule has 1 heterocycles. The zero-order valence-corrected chi connectivity index (χ0v) is 11.0. The smallest absolute Gasteiger partial charge is 0.204 e. The summed E-state index contributed by atoms with van der Waals surface area (Å²) in [5.41, 5.74) is -0.180. The van der Waals surface area contributed by atoms with Crippen molar-refractivity contribution >= 4 is 30.6 Å². The largest absolute Gasteiger partial charge is 0.326 e. The number of hydrogen-bond donors (Lipinski definition) is 0. The van der Waals surface area contributed by atoms with Gasteiger partial charge in [-0.3, -0.25) is 4.57 Å². The third-order valence-corrected chi connectivity index (χ3v) is 7.57. The average Bonchev–Trinajstić information content (AvgIpc) is 2.33. The van der Waals surface area contributed by atoms with Crippen LogP contribution in [-0.2, 0) is 9.09 Å². The van der Waals surface area contributed by atoms with Gasteiger partial charge < -0.3 is 4.52 Å². The summed E-state index contributed by atoms with van der Waals surface area (Å²) in [5, 5.41) is 0. The highest BCUT2D eigenvalue weighted by Gasteiger charge is 2.79. The molecule has 0 aromatic heterocycles. The van der Waals surface area contributed by atoms with Crippen molar-refractivity contribution < 1.29 is 9.09 Å². The first kappa shape index (κ1) is 11.3. The molecule has 3 atom stereocenters. The van der Waals surface area contributed by atoms with Crippen molar-refractivity contribution in [3.05, 3.63) is 0 Å². The highest BCUT2D eigenvalue weighted by Crippen LogP contribution is 2.82. The maximum atomic E-state index is 12.2. The monoisotopic (exact) mass is 256 g/mol. The van der Waals surface area contributed by atoms with Crippen molar-refractivity contribution in [3.63, 3.8) is 0 Å². The van der Waals surface area contributed by atoms with Gasteiger partial charge >= 0.3 is 0 Å². The van der Waals surface area contributed by atoms with Crippen LogP contribution in [-0.4, -0.2) is 22.8 Å². The molecule has 2 nitrogen and oxygen atoms in total. The zero-order chi connectivity index (χ0) is 10.8. The van der Waals surface area contributed by atoms with Crippen molar-refractivity contribution in [1.29, 1.82) is 0 Å². The third-order valence-electron chi connectivity index (χ3n) is 3.32. The fourth-order valence-electron chi connectivity index (χ4n) is 2.51. The van der Waals surface area contributed by atoms with Crippen LogP contribution in [0.5, 0.6) is 0 Å². The van der Waals surface area contributed by atoms with Gasteiger partial charge in [-0.2, -0.15) is 0 Å². The van der Waals surface area contributed by atoms with Gasteiger partial charge in [0.2, 0.25) is 7.37 Å². The molecule has 1 aliphatic heterocycles. The van der Waals surface area contributed by atoms with E-state index < -0.39 is 11.7 Å². The molecule has 1 aliphatic carbocycles. The second kappa shape index (κ2) is 2.91. The SMILES string of the molecule is CC(C)OP1(=O)C[C@H]2C(Cl)(Cl)[C@@]2(C)C1. The lowest BCUT2D eigenvalue weighted by Gasteiger charge is -2.21. The van der Waals surface area contributed by atoms with E-state index in [0.29, 0.717) is 12.3 Å². The van der Waals surface area contributed by atoms with Crippen LogP contribution in [0.25, 0.3) is 0 Å². The van der Waals surface area contributed by atoms with Crippen LogP contribution in [0.15, 0.2) is 0 Å². The van der Waals surface area contributed by atoms with E-state index in [2.05, 4.69) is 0 Å². The average molecular weight is 257 g/mol. The molecule has 2 fully saturated rings. The van der Waals surface area contributed by atoms with E-state index in [-0.39, 0.29) is 17.4 Å². The van der Waals surface area contributed by atoms with Gasteiger partial charge in [0.15, 0.2) is 0 Å². The van der Waals surface area contributed by atoms with Crippen LogP contribution >= 0.6 is 30.6 Å². The Bertz CT molecular complexity index is 316. The van der Waals surface area contributed by atoms with Crippen molar-refractivity contribution in [2.24, 2.45) is 11.3 Å². The minimum atomic E-state index is -2.45. The lowest BCUT2D eigenvalue weighted by molar-refractivity contribution is 0.243. The standard InChI is InChI=1S/C9H15Cl2O2P/c1-6(2)13-14(12)4-7-8(3,5-14)9(7,10)11/h6-7H,4-5H2,1-3H3/t7-,8+,14?/m1/s1. The number of alkyl halides is 2. The summed E-state index contributed by atoms with van der Waals surface area (Å²) >= 11 is 12.2. The number of rotatable bonds is 2. The summed E-state index contributed by atoms with van der Waals surface area (Å²) in [6.45, 7) is 5.81. The molecule has 0 bridgehead atoms. The summed E-state index contributed by atoms with van der Waals surface area (Å²) in [6.07, 6.45) is 1.10. The molecule has 1 unspecified atom stereocenters. The Balaban J connectivity index is 2.10. The fourth-order valence-corrected chi connectivity index (χ4v) is 7.60. The van der Waals surface area contributed by atoms with Gasteiger partial charge in [-0.15, -0.1) is 23.2 Å². The lowest BCUT2D eigenvalue weighted by Crippen LogP contribution is -2.14. The molecule has 0 aromatic carbocycles. The van der Waals surface area contributed by atoms with Gasteiger partial charge in [0, 0.05) is 23.7 Å². The predicted molar refractivity (Wildman–Crippen MR) is 59.6 cm³/mol. The first-order chi connectivity index (χ1) is 6.21. The van der Waals surface area contributed by atoms with Crippen molar-refractivity contribution in [2.75, 3.05) is 12.3 Å². The molecule has 2 rings (SSSR count). The maximum Gasteiger partial charge on any atom is 0.204 e. The van der Waals surface area contributed by atoms with Crippen LogP contribution in [0.1, 0.15) is 20.8 Å². The number of fused-ring (bicyclic) bond motifs is 1. The summed E-state index contributed by atoms with van der Waals surface area (Å²) in [6, 6.07) is 0. The Hall–Kier alpha value is 0.770. The van der Waals surface area contributed by atoms with Gasteiger partial charge in [-0.05, 0) is 13.8 Å². The van der Waals surface area contributed by atoms with E-state index >= 15 is 0 Å². The number of hydrogen-bond acceptors (Lipinski definition) is 2. The summed E-state index contributed by atoms with van der Waals surface area (Å²) in [4.78, 5) is 0. The molecule has 14 heavy (non-hydrogen) atoms. The molecule has 5 heteroatoms. The van der Waals surface area contributed by atoms with E-state index in [1.807, 2.05) is 20.8 Å². The molecular weight excluding hydrogens is 242 g/mol. The molecule has 1 saturated heterocycles. The topological polar surface area (TPSA) is 26.3 Å². The van der Waals surface area contributed by atoms with E-state index in [1.165, 1.54) is 0 Å². The lowest BCUT2D eigenvalue weighted by atomic mass is 10.1.